The molecule has 0 unspecified atom stereocenters. The smallest absolute Gasteiger partial charge is 0.126 e. The first kappa shape index (κ1) is 13.4. The summed E-state index contributed by atoms with van der Waals surface area (Å²) in [4.78, 5) is 0. The van der Waals surface area contributed by atoms with Gasteiger partial charge >= 0.3 is 0 Å². The number of hydrogen-bond acceptors (Lipinski definition) is 1. The fourth-order valence-electron chi connectivity index (χ4n) is 2.22. The molecule has 0 heterocycles. The molecule has 0 spiro atoms. The zero-order valence-electron chi connectivity index (χ0n) is 11.0. The summed E-state index contributed by atoms with van der Waals surface area (Å²) in [5.74, 6) is 1.48. The van der Waals surface area contributed by atoms with Crippen molar-refractivity contribution in [3.8, 4) is 5.75 Å². The Morgan fingerprint density at radius 1 is 1.06 bits per heavy atom. The zero-order chi connectivity index (χ0) is 12.6. The van der Waals surface area contributed by atoms with Crippen molar-refractivity contribution in [1.29, 1.82) is 0 Å². The van der Waals surface area contributed by atoms with Crippen molar-refractivity contribution in [2.75, 3.05) is 6.61 Å². The van der Waals surface area contributed by atoms with Gasteiger partial charge in [0.05, 0.1) is 6.61 Å². The van der Waals surface area contributed by atoms with E-state index < -0.39 is 0 Å². The molecule has 100 valence electrons. The molecule has 1 aliphatic carbocycles. The van der Waals surface area contributed by atoms with E-state index in [4.69, 9.17) is 4.74 Å². The average molecular weight is 250 g/mol. The van der Waals surface area contributed by atoms with Gasteiger partial charge in [-0.2, -0.15) is 0 Å². The van der Waals surface area contributed by atoms with E-state index in [1.807, 2.05) is 0 Å². The first-order valence-electron chi connectivity index (χ1n) is 7.23. The highest BCUT2D eigenvalue weighted by atomic mass is 19.1. The Balaban J connectivity index is 1.43. The average Bonchev–Trinajstić information content (AvgIpc) is 3.17. The summed E-state index contributed by atoms with van der Waals surface area (Å²) in [6.45, 7) is 0.700. The lowest BCUT2D eigenvalue weighted by Crippen LogP contribution is -1.97. The zero-order valence-corrected chi connectivity index (χ0v) is 11.0. The Morgan fingerprint density at radius 3 is 2.61 bits per heavy atom. The molecule has 0 bridgehead atoms. The molecule has 0 radical (unpaired) electrons. The standard InChI is InChI=1S/C16H23FO/c17-15-8-6-9-16(13-15)18-12-5-3-1-2-4-7-14-10-11-14/h6,8-9,13-14H,1-5,7,10-12H2. The van der Waals surface area contributed by atoms with E-state index in [0.717, 1.165) is 12.3 Å². The molecule has 0 saturated heterocycles. The second kappa shape index (κ2) is 7.40. The van der Waals surface area contributed by atoms with Crippen LogP contribution in [0.1, 0.15) is 51.4 Å². The number of ether oxygens (including phenoxy) is 1. The van der Waals surface area contributed by atoms with Gasteiger partial charge in [-0.25, -0.2) is 4.39 Å². The van der Waals surface area contributed by atoms with Crippen LogP contribution in [0, 0.1) is 11.7 Å². The summed E-state index contributed by atoms with van der Waals surface area (Å²) in [6.07, 6.45) is 10.7. The third kappa shape index (κ3) is 5.52. The van der Waals surface area contributed by atoms with Gasteiger partial charge < -0.3 is 4.74 Å². The summed E-state index contributed by atoms with van der Waals surface area (Å²) < 4.78 is 18.4. The molecule has 0 N–H and O–H groups in total. The Morgan fingerprint density at radius 2 is 1.83 bits per heavy atom. The number of unbranched alkanes of at least 4 members (excludes halogenated alkanes) is 4. The third-order valence-corrected chi connectivity index (χ3v) is 3.52. The second-order valence-corrected chi connectivity index (χ2v) is 5.31. The van der Waals surface area contributed by atoms with Crippen LogP contribution in [0.4, 0.5) is 4.39 Å². The molecular formula is C16H23FO. The van der Waals surface area contributed by atoms with Gasteiger partial charge in [0.15, 0.2) is 0 Å². The predicted molar refractivity (Wildman–Crippen MR) is 72.3 cm³/mol. The normalized spacial score (nSPS) is 14.7. The van der Waals surface area contributed by atoms with Gasteiger partial charge in [0.1, 0.15) is 11.6 Å². The molecule has 2 heteroatoms. The molecule has 0 aromatic heterocycles. The van der Waals surface area contributed by atoms with Crippen LogP contribution in [0.3, 0.4) is 0 Å². The van der Waals surface area contributed by atoms with Crippen LogP contribution in [-0.4, -0.2) is 6.61 Å². The highest BCUT2D eigenvalue weighted by Gasteiger charge is 2.19. The van der Waals surface area contributed by atoms with Crippen LogP contribution in [0.2, 0.25) is 0 Å². The highest BCUT2D eigenvalue weighted by Crippen LogP contribution is 2.34. The quantitative estimate of drug-likeness (QED) is 0.563. The second-order valence-electron chi connectivity index (χ2n) is 5.31. The molecule has 0 amide bonds. The first-order chi connectivity index (χ1) is 8.84. The monoisotopic (exact) mass is 250 g/mol. The van der Waals surface area contributed by atoms with E-state index >= 15 is 0 Å². The topological polar surface area (TPSA) is 9.23 Å². The van der Waals surface area contributed by atoms with E-state index in [1.165, 1.54) is 57.1 Å². The largest absolute Gasteiger partial charge is 0.493 e. The van der Waals surface area contributed by atoms with Crippen LogP contribution in [0.5, 0.6) is 5.75 Å². The SMILES string of the molecule is Fc1cccc(OCCCCCCCC2CC2)c1. The maximum Gasteiger partial charge on any atom is 0.126 e. The van der Waals surface area contributed by atoms with Gasteiger partial charge in [-0.15, -0.1) is 0 Å². The minimum Gasteiger partial charge on any atom is -0.493 e. The molecule has 1 aliphatic rings. The van der Waals surface area contributed by atoms with E-state index in [-0.39, 0.29) is 5.82 Å². The Labute approximate surface area is 109 Å². The Hall–Kier alpha value is -1.05. The lowest BCUT2D eigenvalue weighted by Gasteiger charge is -2.06. The summed E-state index contributed by atoms with van der Waals surface area (Å²) in [5.41, 5.74) is 0. The van der Waals surface area contributed by atoms with Crippen molar-refractivity contribution in [2.45, 2.75) is 51.4 Å². The molecule has 2 rings (SSSR count). The van der Waals surface area contributed by atoms with E-state index in [0.29, 0.717) is 12.4 Å². The van der Waals surface area contributed by atoms with Gasteiger partial charge in [0, 0.05) is 6.07 Å². The highest BCUT2D eigenvalue weighted by molar-refractivity contribution is 5.22. The molecular weight excluding hydrogens is 227 g/mol. The molecule has 0 aliphatic heterocycles. The first-order valence-corrected chi connectivity index (χ1v) is 7.23. The number of halogens is 1. The molecule has 1 nitrogen and oxygen atoms in total. The molecule has 1 aromatic rings. The van der Waals surface area contributed by atoms with Crippen molar-refractivity contribution in [3.63, 3.8) is 0 Å². The third-order valence-electron chi connectivity index (χ3n) is 3.52. The molecule has 0 atom stereocenters. The minimum atomic E-state index is -0.229. The lowest BCUT2D eigenvalue weighted by atomic mass is 10.1. The van der Waals surface area contributed by atoms with Crippen LogP contribution >= 0.6 is 0 Å². The van der Waals surface area contributed by atoms with Crippen LogP contribution in [0.15, 0.2) is 24.3 Å². The van der Waals surface area contributed by atoms with Gasteiger partial charge in [0.25, 0.3) is 0 Å². The predicted octanol–water partition coefficient (Wildman–Crippen LogP) is 4.96. The van der Waals surface area contributed by atoms with Crippen molar-refractivity contribution in [3.05, 3.63) is 30.1 Å². The van der Waals surface area contributed by atoms with Crippen LogP contribution in [-0.2, 0) is 0 Å². The van der Waals surface area contributed by atoms with Gasteiger partial charge in [-0.05, 0) is 24.5 Å². The number of hydrogen-bond donors (Lipinski definition) is 0. The maximum absolute atomic E-state index is 12.9. The van der Waals surface area contributed by atoms with Crippen molar-refractivity contribution >= 4 is 0 Å². The fourth-order valence-corrected chi connectivity index (χ4v) is 2.22. The summed E-state index contributed by atoms with van der Waals surface area (Å²) in [7, 11) is 0. The summed E-state index contributed by atoms with van der Waals surface area (Å²) in [5, 5.41) is 0. The van der Waals surface area contributed by atoms with E-state index in [1.54, 1.807) is 12.1 Å². The Kier molecular flexibility index (Phi) is 5.50. The summed E-state index contributed by atoms with van der Waals surface area (Å²) >= 11 is 0. The number of rotatable bonds is 9. The maximum atomic E-state index is 12.9. The minimum absolute atomic E-state index is 0.229. The number of benzene rings is 1. The van der Waals surface area contributed by atoms with Crippen LogP contribution < -0.4 is 4.74 Å². The molecule has 1 saturated carbocycles. The van der Waals surface area contributed by atoms with E-state index in [9.17, 15) is 4.39 Å². The van der Waals surface area contributed by atoms with Crippen molar-refractivity contribution in [1.82, 2.24) is 0 Å². The Bertz CT molecular complexity index is 347. The van der Waals surface area contributed by atoms with Gasteiger partial charge in [0.2, 0.25) is 0 Å². The molecule has 1 aromatic carbocycles. The van der Waals surface area contributed by atoms with Crippen molar-refractivity contribution < 1.29 is 9.13 Å². The lowest BCUT2D eigenvalue weighted by molar-refractivity contribution is 0.303. The fraction of sp³-hybridized carbons (Fsp3) is 0.625. The summed E-state index contributed by atoms with van der Waals surface area (Å²) in [6, 6.07) is 6.36. The van der Waals surface area contributed by atoms with Crippen molar-refractivity contribution in [2.24, 2.45) is 5.92 Å². The van der Waals surface area contributed by atoms with Gasteiger partial charge in [-0.3, -0.25) is 0 Å². The van der Waals surface area contributed by atoms with E-state index in [2.05, 4.69) is 0 Å². The van der Waals surface area contributed by atoms with Crippen LogP contribution in [0.25, 0.3) is 0 Å². The molecule has 18 heavy (non-hydrogen) atoms. The van der Waals surface area contributed by atoms with Gasteiger partial charge in [-0.1, -0.05) is 51.0 Å². The molecule has 1 fully saturated rings.